The molecule has 0 aliphatic rings. The van der Waals surface area contributed by atoms with E-state index in [0.717, 1.165) is 10.4 Å². The first-order valence-electron chi connectivity index (χ1n) is 5.03. The highest BCUT2D eigenvalue weighted by molar-refractivity contribution is 7.05. The predicted octanol–water partition coefficient (Wildman–Crippen LogP) is 2.56. The van der Waals surface area contributed by atoms with Gasteiger partial charge in [-0.05, 0) is 30.6 Å². The fourth-order valence-electron chi connectivity index (χ4n) is 1.45. The Morgan fingerprint density at radius 3 is 2.47 bits per heavy atom. The van der Waals surface area contributed by atoms with Crippen molar-refractivity contribution in [2.45, 2.75) is 6.92 Å². The van der Waals surface area contributed by atoms with E-state index in [9.17, 15) is 0 Å². The highest BCUT2D eigenvalue weighted by atomic mass is 32.1. The van der Waals surface area contributed by atoms with E-state index in [1.54, 1.807) is 0 Å². The minimum Gasteiger partial charge on any atom is -0.414 e. The number of aromatic nitrogens is 4. The Morgan fingerprint density at radius 1 is 1.00 bits per heavy atom. The molecule has 84 valence electrons. The van der Waals surface area contributed by atoms with Crippen LogP contribution in [-0.2, 0) is 0 Å². The van der Waals surface area contributed by atoms with Gasteiger partial charge < -0.3 is 4.42 Å². The van der Waals surface area contributed by atoms with Crippen LogP contribution < -0.4 is 0 Å². The second-order valence-electron chi connectivity index (χ2n) is 3.46. The fourth-order valence-corrected chi connectivity index (χ4v) is 1.91. The lowest BCUT2D eigenvalue weighted by Gasteiger charge is -1.91. The van der Waals surface area contributed by atoms with Crippen molar-refractivity contribution in [3.05, 3.63) is 35.2 Å². The summed E-state index contributed by atoms with van der Waals surface area (Å²) in [6, 6.07) is 9.63. The van der Waals surface area contributed by atoms with Crippen LogP contribution in [0.2, 0.25) is 0 Å². The molecule has 1 aromatic carbocycles. The monoisotopic (exact) mass is 244 g/mol. The van der Waals surface area contributed by atoms with Gasteiger partial charge in [-0.25, -0.2) is 0 Å². The second kappa shape index (κ2) is 4.06. The van der Waals surface area contributed by atoms with Crippen LogP contribution in [0.5, 0.6) is 0 Å². The Kier molecular flexibility index (Phi) is 2.41. The molecule has 0 unspecified atom stereocenters. The highest BCUT2D eigenvalue weighted by Gasteiger charge is 2.15. The maximum atomic E-state index is 5.58. The van der Waals surface area contributed by atoms with E-state index >= 15 is 0 Å². The minimum atomic E-state index is 0.412. The predicted molar refractivity (Wildman–Crippen MR) is 63.4 cm³/mol. The van der Waals surface area contributed by atoms with Crippen molar-refractivity contribution in [2.24, 2.45) is 0 Å². The summed E-state index contributed by atoms with van der Waals surface area (Å²) >= 11 is 1.32. The van der Waals surface area contributed by atoms with Crippen LogP contribution in [0.15, 0.2) is 34.7 Å². The molecule has 0 saturated heterocycles. The molecule has 2 aromatic heterocycles. The van der Waals surface area contributed by atoms with Gasteiger partial charge in [-0.15, -0.1) is 15.3 Å². The first-order valence-corrected chi connectivity index (χ1v) is 5.80. The van der Waals surface area contributed by atoms with Crippen molar-refractivity contribution < 1.29 is 4.42 Å². The molecule has 0 atom stereocenters. The van der Waals surface area contributed by atoms with Gasteiger partial charge in [0.1, 0.15) is 0 Å². The third-order valence-corrected chi connectivity index (χ3v) is 2.93. The normalized spacial score (nSPS) is 10.6. The molecule has 0 aliphatic heterocycles. The number of rotatable bonds is 2. The van der Waals surface area contributed by atoms with Crippen molar-refractivity contribution in [2.75, 3.05) is 0 Å². The zero-order chi connectivity index (χ0) is 11.7. The molecular weight excluding hydrogens is 236 g/mol. The molecule has 2 heterocycles. The Labute approximate surface area is 101 Å². The molecule has 3 aromatic rings. The second-order valence-corrected chi connectivity index (χ2v) is 4.41. The van der Waals surface area contributed by atoms with Gasteiger partial charge in [-0.3, -0.25) is 0 Å². The summed E-state index contributed by atoms with van der Waals surface area (Å²) in [5.41, 5.74) is 1.55. The van der Waals surface area contributed by atoms with Crippen molar-refractivity contribution in [3.63, 3.8) is 0 Å². The van der Waals surface area contributed by atoms with Gasteiger partial charge in [-0.1, -0.05) is 22.7 Å². The van der Waals surface area contributed by atoms with Crippen LogP contribution in [0.1, 0.15) is 4.88 Å². The Balaban J connectivity index is 2.02. The SMILES string of the molecule is Cc1snnc1-c1nnc(-c2ccccc2)o1. The summed E-state index contributed by atoms with van der Waals surface area (Å²) in [6.45, 7) is 1.92. The van der Waals surface area contributed by atoms with E-state index in [1.807, 2.05) is 37.3 Å². The molecular formula is C11H8N4OS. The van der Waals surface area contributed by atoms with E-state index in [1.165, 1.54) is 11.5 Å². The summed E-state index contributed by atoms with van der Waals surface area (Å²) in [7, 11) is 0. The quantitative estimate of drug-likeness (QED) is 0.693. The third-order valence-electron chi connectivity index (χ3n) is 2.30. The molecule has 0 spiro atoms. The third kappa shape index (κ3) is 1.83. The summed E-state index contributed by atoms with van der Waals surface area (Å²) < 4.78 is 9.42. The number of hydrogen-bond acceptors (Lipinski definition) is 6. The molecule has 0 aliphatic carbocycles. The zero-order valence-electron chi connectivity index (χ0n) is 8.99. The number of hydrogen-bond donors (Lipinski definition) is 0. The van der Waals surface area contributed by atoms with Crippen LogP contribution in [0.25, 0.3) is 23.0 Å². The maximum Gasteiger partial charge on any atom is 0.269 e. The van der Waals surface area contributed by atoms with Gasteiger partial charge in [0, 0.05) is 5.56 Å². The van der Waals surface area contributed by atoms with Gasteiger partial charge >= 0.3 is 0 Å². The Bertz CT molecular complexity index is 632. The summed E-state index contributed by atoms with van der Waals surface area (Å²) in [4.78, 5) is 0.966. The van der Waals surface area contributed by atoms with Gasteiger partial charge in [0.2, 0.25) is 5.89 Å². The fraction of sp³-hybridized carbons (Fsp3) is 0.0909. The lowest BCUT2D eigenvalue weighted by Crippen LogP contribution is -1.80. The molecule has 0 N–H and O–H groups in total. The van der Waals surface area contributed by atoms with E-state index in [-0.39, 0.29) is 0 Å². The van der Waals surface area contributed by atoms with Gasteiger partial charge in [-0.2, -0.15) is 0 Å². The topological polar surface area (TPSA) is 64.7 Å². The van der Waals surface area contributed by atoms with Crippen molar-refractivity contribution in [3.8, 4) is 23.0 Å². The van der Waals surface area contributed by atoms with E-state index < -0.39 is 0 Å². The molecule has 0 bridgehead atoms. The summed E-state index contributed by atoms with van der Waals surface area (Å²) in [6.07, 6.45) is 0. The summed E-state index contributed by atoms with van der Waals surface area (Å²) in [5.74, 6) is 0.906. The molecule has 17 heavy (non-hydrogen) atoms. The van der Waals surface area contributed by atoms with Gasteiger partial charge in [0.25, 0.3) is 5.89 Å². The lowest BCUT2D eigenvalue weighted by molar-refractivity contribution is 0.581. The van der Waals surface area contributed by atoms with Gasteiger partial charge in [0.15, 0.2) is 5.69 Å². The van der Waals surface area contributed by atoms with Crippen LogP contribution in [0.4, 0.5) is 0 Å². The van der Waals surface area contributed by atoms with Crippen LogP contribution in [0, 0.1) is 6.92 Å². The Hall–Kier alpha value is -2.08. The highest BCUT2D eigenvalue weighted by Crippen LogP contribution is 2.25. The molecule has 3 rings (SSSR count). The average molecular weight is 244 g/mol. The van der Waals surface area contributed by atoms with E-state index in [0.29, 0.717) is 17.5 Å². The van der Waals surface area contributed by atoms with Crippen molar-refractivity contribution in [1.82, 2.24) is 19.8 Å². The molecule has 0 saturated carbocycles. The molecule has 0 fully saturated rings. The Morgan fingerprint density at radius 2 is 1.76 bits per heavy atom. The van der Waals surface area contributed by atoms with Crippen molar-refractivity contribution >= 4 is 11.5 Å². The largest absolute Gasteiger partial charge is 0.414 e. The number of aryl methyl sites for hydroxylation is 1. The van der Waals surface area contributed by atoms with Crippen LogP contribution in [-0.4, -0.2) is 19.8 Å². The molecule has 0 radical (unpaired) electrons. The lowest BCUT2D eigenvalue weighted by atomic mass is 10.2. The molecule has 0 amide bonds. The van der Waals surface area contributed by atoms with Crippen LogP contribution >= 0.6 is 11.5 Å². The molecule has 5 nitrogen and oxygen atoms in total. The number of benzene rings is 1. The van der Waals surface area contributed by atoms with Gasteiger partial charge in [0.05, 0.1) is 4.88 Å². The van der Waals surface area contributed by atoms with E-state index in [2.05, 4.69) is 19.8 Å². The molecule has 6 heteroatoms. The minimum absolute atomic E-state index is 0.412. The standard InChI is InChI=1S/C11H8N4OS/c1-7-9(12-15-17-7)11-14-13-10(16-11)8-5-3-2-4-6-8/h2-6H,1H3. The first kappa shape index (κ1) is 10.1. The van der Waals surface area contributed by atoms with E-state index in [4.69, 9.17) is 4.42 Å². The smallest absolute Gasteiger partial charge is 0.269 e. The maximum absolute atomic E-state index is 5.58. The first-order chi connectivity index (χ1) is 8.34. The zero-order valence-corrected chi connectivity index (χ0v) is 9.81. The average Bonchev–Trinajstić information content (AvgIpc) is 2.98. The summed E-state index contributed by atoms with van der Waals surface area (Å²) in [5, 5.41) is 12.0. The van der Waals surface area contributed by atoms with Crippen molar-refractivity contribution in [1.29, 1.82) is 0 Å². The van der Waals surface area contributed by atoms with Crippen LogP contribution in [0.3, 0.4) is 0 Å². The number of nitrogens with zero attached hydrogens (tertiary/aromatic N) is 4.